The van der Waals surface area contributed by atoms with Gasteiger partial charge in [0.05, 0.1) is 6.20 Å². The SMILES string of the molecule is CC(c1ccccc1)c1cnnc(Cl)c1. The molecule has 1 aromatic heterocycles. The second kappa shape index (κ2) is 4.41. The van der Waals surface area contributed by atoms with E-state index in [0.717, 1.165) is 5.56 Å². The van der Waals surface area contributed by atoms with Gasteiger partial charge in [0.1, 0.15) is 0 Å². The zero-order chi connectivity index (χ0) is 10.7. The Morgan fingerprint density at radius 1 is 1.13 bits per heavy atom. The normalized spacial score (nSPS) is 12.4. The molecule has 0 bridgehead atoms. The number of hydrogen-bond acceptors (Lipinski definition) is 2. The first-order valence-electron chi connectivity index (χ1n) is 4.80. The van der Waals surface area contributed by atoms with E-state index in [-0.39, 0.29) is 0 Å². The maximum atomic E-state index is 5.80. The number of benzene rings is 1. The number of hydrogen-bond donors (Lipinski definition) is 0. The second-order valence-electron chi connectivity index (χ2n) is 3.44. The Bertz CT molecular complexity index is 442. The van der Waals surface area contributed by atoms with Gasteiger partial charge in [-0.15, -0.1) is 5.10 Å². The monoisotopic (exact) mass is 218 g/mol. The smallest absolute Gasteiger partial charge is 0.152 e. The van der Waals surface area contributed by atoms with Crippen molar-refractivity contribution < 1.29 is 0 Å². The van der Waals surface area contributed by atoms with Crippen LogP contribution in [0.2, 0.25) is 5.15 Å². The van der Waals surface area contributed by atoms with Gasteiger partial charge in [0.2, 0.25) is 0 Å². The van der Waals surface area contributed by atoms with E-state index in [1.54, 1.807) is 6.20 Å². The lowest BCUT2D eigenvalue weighted by molar-refractivity contribution is 0.885. The molecular weight excluding hydrogens is 208 g/mol. The van der Waals surface area contributed by atoms with Crippen LogP contribution in [0, 0.1) is 0 Å². The highest BCUT2D eigenvalue weighted by Gasteiger charge is 2.08. The Labute approximate surface area is 93.9 Å². The molecule has 0 N–H and O–H groups in total. The summed E-state index contributed by atoms with van der Waals surface area (Å²) in [6, 6.07) is 12.1. The quantitative estimate of drug-likeness (QED) is 0.773. The molecule has 1 atom stereocenters. The van der Waals surface area contributed by atoms with E-state index in [9.17, 15) is 0 Å². The first kappa shape index (κ1) is 10.1. The highest BCUT2D eigenvalue weighted by atomic mass is 35.5. The minimum Gasteiger partial charge on any atom is -0.157 e. The molecule has 0 radical (unpaired) electrons. The van der Waals surface area contributed by atoms with Crippen molar-refractivity contribution in [1.29, 1.82) is 0 Å². The topological polar surface area (TPSA) is 25.8 Å². The first-order valence-corrected chi connectivity index (χ1v) is 5.18. The zero-order valence-corrected chi connectivity index (χ0v) is 9.15. The fourth-order valence-corrected chi connectivity index (χ4v) is 1.69. The molecule has 0 saturated heterocycles. The molecule has 0 aliphatic carbocycles. The van der Waals surface area contributed by atoms with Crippen LogP contribution in [0.15, 0.2) is 42.6 Å². The van der Waals surface area contributed by atoms with Crippen LogP contribution < -0.4 is 0 Å². The van der Waals surface area contributed by atoms with Crippen molar-refractivity contribution >= 4 is 11.6 Å². The number of halogens is 1. The van der Waals surface area contributed by atoms with Gasteiger partial charge >= 0.3 is 0 Å². The van der Waals surface area contributed by atoms with Crippen molar-refractivity contribution in [3.8, 4) is 0 Å². The molecule has 0 spiro atoms. The average Bonchev–Trinajstić information content (AvgIpc) is 2.29. The Morgan fingerprint density at radius 3 is 2.53 bits per heavy atom. The number of nitrogens with zero attached hydrogens (tertiary/aromatic N) is 2. The Kier molecular flexibility index (Phi) is 2.97. The van der Waals surface area contributed by atoms with Gasteiger partial charge in [-0.05, 0) is 17.2 Å². The van der Waals surface area contributed by atoms with Crippen molar-refractivity contribution in [2.45, 2.75) is 12.8 Å². The third-order valence-electron chi connectivity index (χ3n) is 2.45. The Hall–Kier alpha value is -1.41. The summed E-state index contributed by atoms with van der Waals surface area (Å²) in [6.07, 6.45) is 1.75. The zero-order valence-electron chi connectivity index (χ0n) is 8.39. The molecule has 1 unspecified atom stereocenters. The summed E-state index contributed by atoms with van der Waals surface area (Å²) in [5.74, 6) is 0.291. The lowest BCUT2D eigenvalue weighted by Gasteiger charge is -2.11. The van der Waals surface area contributed by atoms with Crippen LogP contribution in [-0.4, -0.2) is 10.2 Å². The van der Waals surface area contributed by atoms with Gasteiger partial charge in [-0.1, -0.05) is 48.9 Å². The van der Waals surface area contributed by atoms with E-state index >= 15 is 0 Å². The van der Waals surface area contributed by atoms with E-state index in [2.05, 4.69) is 29.3 Å². The first-order chi connectivity index (χ1) is 7.27. The molecule has 0 saturated carbocycles. The van der Waals surface area contributed by atoms with Crippen LogP contribution in [0.1, 0.15) is 24.0 Å². The molecule has 0 aliphatic rings. The van der Waals surface area contributed by atoms with E-state index in [1.165, 1.54) is 5.56 Å². The molecule has 2 aromatic rings. The summed E-state index contributed by atoms with van der Waals surface area (Å²) in [5, 5.41) is 8.02. The third-order valence-corrected chi connectivity index (χ3v) is 2.63. The highest BCUT2D eigenvalue weighted by molar-refractivity contribution is 6.29. The minimum atomic E-state index is 0.291. The largest absolute Gasteiger partial charge is 0.157 e. The second-order valence-corrected chi connectivity index (χ2v) is 3.83. The molecule has 0 amide bonds. The molecule has 2 nitrogen and oxygen atoms in total. The van der Waals surface area contributed by atoms with Crippen LogP contribution >= 0.6 is 11.6 Å². The summed E-state index contributed by atoms with van der Waals surface area (Å²) in [4.78, 5) is 0. The van der Waals surface area contributed by atoms with E-state index in [4.69, 9.17) is 11.6 Å². The molecule has 1 heterocycles. The van der Waals surface area contributed by atoms with E-state index in [1.807, 2.05) is 24.3 Å². The lowest BCUT2D eigenvalue weighted by atomic mass is 9.95. The lowest BCUT2D eigenvalue weighted by Crippen LogP contribution is -1.97. The van der Waals surface area contributed by atoms with Crippen LogP contribution in [-0.2, 0) is 0 Å². The van der Waals surface area contributed by atoms with Crippen molar-refractivity contribution in [3.63, 3.8) is 0 Å². The average molecular weight is 219 g/mol. The van der Waals surface area contributed by atoms with Crippen LogP contribution in [0.5, 0.6) is 0 Å². The Balaban J connectivity index is 2.32. The van der Waals surface area contributed by atoms with E-state index in [0.29, 0.717) is 11.1 Å². The highest BCUT2D eigenvalue weighted by Crippen LogP contribution is 2.23. The molecule has 0 fully saturated rings. The molecule has 0 aliphatic heterocycles. The van der Waals surface area contributed by atoms with E-state index < -0.39 is 0 Å². The summed E-state index contributed by atoms with van der Waals surface area (Å²) < 4.78 is 0. The summed E-state index contributed by atoms with van der Waals surface area (Å²) in [5.41, 5.74) is 2.34. The van der Waals surface area contributed by atoms with Gasteiger partial charge in [0, 0.05) is 5.92 Å². The van der Waals surface area contributed by atoms with Gasteiger partial charge in [-0.3, -0.25) is 0 Å². The van der Waals surface area contributed by atoms with Gasteiger partial charge in [0.15, 0.2) is 5.15 Å². The summed E-state index contributed by atoms with van der Waals surface area (Å²) in [6.45, 7) is 2.13. The molecule has 1 aromatic carbocycles. The van der Waals surface area contributed by atoms with Crippen molar-refractivity contribution in [2.75, 3.05) is 0 Å². The summed E-state index contributed by atoms with van der Waals surface area (Å²) in [7, 11) is 0. The molecular formula is C12H11ClN2. The predicted molar refractivity (Wildman–Crippen MR) is 61.0 cm³/mol. The molecule has 3 heteroatoms. The maximum Gasteiger partial charge on any atom is 0.152 e. The Morgan fingerprint density at radius 2 is 1.87 bits per heavy atom. The standard InChI is InChI=1S/C12H11ClN2/c1-9(10-5-3-2-4-6-10)11-7-12(13)15-14-8-11/h2-9H,1H3. The van der Waals surface area contributed by atoms with Crippen molar-refractivity contribution in [1.82, 2.24) is 10.2 Å². The van der Waals surface area contributed by atoms with Crippen molar-refractivity contribution in [2.24, 2.45) is 0 Å². The fourth-order valence-electron chi connectivity index (χ4n) is 1.53. The molecule has 2 rings (SSSR count). The van der Waals surface area contributed by atoms with Crippen molar-refractivity contribution in [3.05, 3.63) is 58.9 Å². The molecule has 15 heavy (non-hydrogen) atoms. The van der Waals surface area contributed by atoms with Crippen LogP contribution in [0.4, 0.5) is 0 Å². The fraction of sp³-hybridized carbons (Fsp3) is 0.167. The van der Waals surface area contributed by atoms with Gasteiger partial charge < -0.3 is 0 Å². The van der Waals surface area contributed by atoms with Gasteiger partial charge in [0.25, 0.3) is 0 Å². The molecule has 76 valence electrons. The number of aromatic nitrogens is 2. The number of rotatable bonds is 2. The maximum absolute atomic E-state index is 5.80. The predicted octanol–water partition coefficient (Wildman–Crippen LogP) is 3.28. The van der Waals surface area contributed by atoms with Crippen LogP contribution in [0.25, 0.3) is 0 Å². The summed E-state index contributed by atoms with van der Waals surface area (Å²) >= 11 is 5.80. The third kappa shape index (κ3) is 2.34. The van der Waals surface area contributed by atoms with Crippen LogP contribution in [0.3, 0.4) is 0 Å². The minimum absolute atomic E-state index is 0.291. The van der Waals surface area contributed by atoms with Gasteiger partial charge in [-0.2, -0.15) is 5.10 Å². The van der Waals surface area contributed by atoms with Gasteiger partial charge in [-0.25, -0.2) is 0 Å².